The summed E-state index contributed by atoms with van der Waals surface area (Å²) in [6.45, 7) is 0.764. The summed E-state index contributed by atoms with van der Waals surface area (Å²) in [6.07, 6.45) is 4.15. The van der Waals surface area contributed by atoms with E-state index in [0.717, 1.165) is 13.0 Å². The molecule has 2 amide bonds. The van der Waals surface area contributed by atoms with Crippen LogP contribution in [0.1, 0.15) is 42.2 Å². The molecule has 3 heterocycles. The summed E-state index contributed by atoms with van der Waals surface area (Å²) in [6, 6.07) is 2.39. The van der Waals surface area contributed by atoms with Crippen molar-refractivity contribution in [2.75, 3.05) is 6.54 Å². The summed E-state index contributed by atoms with van der Waals surface area (Å²) in [7, 11) is 0. The molecule has 5 nitrogen and oxygen atoms in total. The summed E-state index contributed by atoms with van der Waals surface area (Å²) < 4.78 is 0. The van der Waals surface area contributed by atoms with Gasteiger partial charge in [-0.2, -0.15) is 5.10 Å². The highest BCUT2D eigenvalue weighted by Crippen LogP contribution is 2.48. The van der Waals surface area contributed by atoms with Crippen molar-refractivity contribution in [1.82, 2.24) is 10.3 Å². The molecule has 3 aliphatic rings. The van der Waals surface area contributed by atoms with Crippen molar-refractivity contribution < 1.29 is 9.59 Å². The number of rotatable bonds is 2. The number of fused-ring (bicyclic) bond motifs is 1. The van der Waals surface area contributed by atoms with Gasteiger partial charge in [0.2, 0.25) is 5.91 Å². The van der Waals surface area contributed by atoms with E-state index in [4.69, 9.17) is 0 Å². The standard InChI is InChI=1S/C15H17N3O2S/c19-13-4-3-11(16-17-13)15(20)18-7-5-12-10(6-8-21-12)14(18)9-1-2-9/h6,8-9,14H,1-5,7H2,(H,17,19). The molecule has 110 valence electrons. The van der Waals surface area contributed by atoms with Gasteiger partial charge in [-0.05, 0) is 42.2 Å². The Balaban J connectivity index is 1.62. The maximum atomic E-state index is 12.8. The molecule has 1 unspecified atom stereocenters. The summed E-state index contributed by atoms with van der Waals surface area (Å²) in [5.74, 6) is 0.495. The van der Waals surface area contributed by atoms with Crippen LogP contribution in [-0.4, -0.2) is 29.0 Å². The summed E-state index contributed by atoms with van der Waals surface area (Å²) in [4.78, 5) is 27.4. The van der Waals surface area contributed by atoms with Crippen molar-refractivity contribution in [1.29, 1.82) is 0 Å². The molecule has 0 saturated heterocycles. The minimum Gasteiger partial charge on any atom is -0.330 e. The van der Waals surface area contributed by atoms with E-state index >= 15 is 0 Å². The Morgan fingerprint density at radius 2 is 2.19 bits per heavy atom. The van der Waals surface area contributed by atoms with E-state index in [1.165, 1.54) is 23.3 Å². The minimum absolute atomic E-state index is 0.00347. The molecule has 1 aromatic heterocycles. The van der Waals surface area contributed by atoms with E-state index < -0.39 is 0 Å². The second kappa shape index (κ2) is 4.94. The van der Waals surface area contributed by atoms with Crippen LogP contribution in [0.25, 0.3) is 0 Å². The molecule has 4 rings (SSSR count). The summed E-state index contributed by atoms with van der Waals surface area (Å²) >= 11 is 1.80. The number of carbonyl (C=O) groups is 2. The Morgan fingerprint density at radius 3 is 2.90 bits per heavy atom. The fourth-order valence-corrected chi connectivity index (χ4v) is 4.20. The van der Waals surface area contributed by atoms with Crippen LogP contribution in [0.2, 0.25) is 0 Å². The molecule has 0 radical (unpaired) electrons. The number of hydrazone groups is 1. The monoisotopic (exact) mass is 303 g/mol. The lowest BCUT2D eigenvalue weighted by Crippen LogP contribution is -2.45. The molecule has 0 aromatic carbocycles. The first-order chi connectivity index (χ1) is 10.2. The van der Waals surface area contributed by atoms with Crippen molar-refractivity contribution in [3.63, 3.8) is 0 Å². The first-order valence-electron chi connectivity index (χ1n) is 7.46. The lowest BCUT2D eigenvalue weighted by molar-refractivity contribution is -0.127. The molecular weight excluding hydrogens is 286 g/mol. The average molecular weight is 303 g/mol. The minimum atomic E-state index is -0.107. The first kappa shape index (κ1) is 13.0. The van der Waals surface area contributed by atoms with Crippen LogP contribution < -0.4 is 5.43 Å². The van der Waals surface area contributed by atoms with Gasteiger partial charge in [-0.15, -0.1) is 11.3 Å². The molecule has 6 heteroatoms. The molecule has 1 saturated carbocycles. The van der Waals surface area contributed by atoms with Crippen LogP contribution in [0.15, 0.2) is 16.5 Å². The van der Waals surface area contributed by atoms with E-state index in [2.05, 4.69) is 22.0 Å². The number of thiophene rings is 1. The number of hydrogen-bond donors (Lipinski definition) is 1. The van der Waals surface area contributed by atoms with Crippen LogP contribution in [0.4, 0.5) is 0 Å². The van der Waals surface area contributed by atoms with E-state index in [1.807, 2.05) is 4.90 Å². The third-order valence-electron chi connectivity index (χ3n) is 4.49. The second-order valence-electron chi connectivity index (χ2n) is 5.92. The van der Waals surface area contributed by atoms with Gasteiger partial charge in [0, 0.05) is 24.3 Å². The molecule has 1 fully saturated rings. The topological polar surface area (TPSA) is 61.8 Å². The van der Waals surface area contributed by atoms with Gasteiger partial charge in [0.25, 0.3) is 5.91 Å². The molecule has 1 aliphatic carbocycles. The quantitative estimate of drug-likeness (QED) is 0.906. The highest BCUT2D eigenvalue weighted by atomic mass is 32.1. The number of amides is 2. The van der Waals surface area contributed by atoms with E-state index in [-0.39, 0.29) is 17.9 Å². The van der Waals surface area contributed by atoms with Crippen LogP contribution in [0, 0.1) is 5.92 Å². The number of hydrogen-bond acceptors (Lipinski definition) is 4. The van der Waals surface area contributed by atoms with Crippen molar-refractivity contribution in [2.45, 2.75) is 38.1 Å². The molecule has 21 heavy (non-hydrogen) atoms. The van der Waals surface area contributed by atoms with Crippen LogP contribution in [-0.2, 0) is 16.0 Å². The maximum Gasteiger partial charge on any atom is 0.270 e. The van der Waals surface area contributed by atoms with Gasteiger partial charge in [-0.3, -0.25) is 9.59 Å². The Bertz CT molecular complexity index is 633. The van der Waals surface area contributed by atoms with Gasteiger partial charge in [0.15, 0.2) is 0 Å². The van der Waals surface area contributed by atoms with E-state index in [9.17, 15) is 9.59 Å². The Labute approximate surface area is 127 Å². The number of nitrogens with one attached hydrogen (secondary N) is 1. The predicted octanol–water partition coefficient (Wildman–Crippen LogP) is 1.85. The van der Waals surface area contributed by atoms with Crippen LogP contribution in [0.3, 0.4) is 0 Å². The zero-order chi connectivity index (χ0) is 14.4. The van der Waals surface area contributed by atoms with Gasteiger partial charge < -0.3 is 4.90 Å². The zero-order valence-electron chi connectivity index (χ0n) is 11.7. The van der Waals surface area contributed by atoms with Gasteiger partial charge in [0.05, 0.1) is 6.04 Å². The fraction of sp³-hybridized carbons (Fsp3) is 0.533. The van der Waals surface area contributed by atoms with E-state index in [1.54, 1.807) is 11.3 Å². The van der Waals surface area contributed by atoms with Gasteiger partial charge in [-0.1, -0.05) is 0 Å². The molecular formula is C15H17N3O2S. The van der Waals surface area contributed by atoms with Crippen molar-refractivity contribution in [3.8, 4) is 0 Å². The molecule has 0 spiro atoms. The SMILES string of the molecule is O=C1CCC(C(=O)N2CCc3sccc3C2C2CC2)=NN1. The smallest absolute Gasteiger partial charge is 0.270 e. The van der Waals surface area contributed by atoms with Crippen molar-refractivity contribution >= 4 is 28.9 Å². The molecule has 1 N–H and O–H groups in total. The molecule has 0 bridgehead atoms. The van der Waals surface area contributed by atoms with Gasteiger partial charge in [-0.25, -0.2) is 5.43 Å². The van der Waals surface area contributed by atoms with Gasteiger partial charge >= 0.3 is 0 Å². The van der Waals surface area contributed by atoms with E-state index in [0.29, 0.717) is 24.5 Å². The Hall–Kier alpha value is -1.69. The lowest BCUT2D eigenvalue weighted by Gasteiger charge is -2.36. The highest BCUT2D eigenvalue weighted by molar-refractivity contribution is 7.10. The molecule has 2 aliphatic heterocycles. The first-order valence-corrected chi connectivity index (χ1v) is 8.34. The Morgan fingerprint density at radius 1 is 1.33 bits per heavy atom. The summed E-state index contributed by atoms with van der Waals surface area (Å²) in [5.41, 5.74) is 4.26. The van der Waals surface area contributed by atoms with Crippen LogP contribution >= 0.6 is 11.3 Å². The molecule has 1 aromatic rings. The average Bonchev–Trinajstić information content (AvgIpc) is 3.22. The summed E-state index contributed by atoms with van der Waals surface area (Å²) in [5, 5.41) is 6.10. The Kier molecular flexibility index (Phi) is 3.06. The third-order valence-corrected chi connectivity index (χ3v) is 5.49. The lowest BCUT2D eigenvalue weighted by atomic mass is 9.95. The van der Waals surface area contributed by atoms with Crippen molar-refractivity contribution in [3.05, 3.63) is 21.9 Å². The highest BCUT2D eigenvalue weighted by Gasteiger charge is 2.42. The number of carbonyl (C=O) groups excluding carboxylic acids is 2. The zero-order valence-corrected chi connectivity index (χ0v) is 12.5. The third kappa shape index (κ3) is 2.27. The largest absolute Gasteiger partial charge is 0.330 e. The maximum absolute atomic E-state index is 12.8. The van der Waals surface area contributed by atoms with Crippen LogP contribution in [0.5, 0.6) is 0 Å². The predicted molar refractivity (Wildman–Crippen MR) is 80.0 cm³/mol. The fourth-order valence-electron chi connectivity index (χ4n) is 3.29. The van der Waals surface area contributed by atoms with Gasteiger partial charge in [0.1, 0.15) is 5.71 Å². The number of nitrogens with zero attached hydrogens (tertiary/aromatic N) is 2. The second-order valence-corrected chi connectivity index (χ2v) is 6.92. The molecule has 1 atom stereocenters. The normalized spacial score (nSPS) is 25.1. The van der Waals surface area contributed by atoms with Crippen molar-refractivity contribution in [2.24, 2.45) is 11.0 Å².